The summed E-state index contributed by atoms with van der Waals surface area (Å²) in [5, 5.41) is 0. The lowest BCUT2D eigenvalue weighted by Gasteiger charge is -2.02. The van der Waals surface area contributed by atoms with Crippen LogP contribution in [0.1, 0.15) is 23.2 Å². The number of carbonyl (C=O) groups is 1. The molecular weight excluding hydrogens is 214 g/mol. The van der Waals surface area contributed by atoms with Gasteiger partial charge in [0.05, 0.1) is 5.75 Å². The molecule has 1 unspecified atom stereocenters. The summed E-state index contributed by atoms with van der Waals surface area (Å²) >= 11 is 1.67. The van der Waals surface area contributed by atoms with Gasteiger partial charge in [-0.2, -0.15) is 11.8 Å². The van der Waals surface area contributed by atoms with Gasteiger partial charge in [0.1, 0.15) is 5.76 Å². The fourth-order valence-electron chi connectivity index (χ4n) is 0.994. The Morgan fingerprint density at radius 3 is 3.00 bits per heavy atom. The lowest BCUT2D eigenvalue weighted by Crippen LogP contribution is -2.29. The molecule has 6 heteroatoms. The summed E-state index contributed by atoms with van der Waals surface area (Å²) in [5.74, 6) is 7.10. The normalized spacial score (nSPS) is 12.5. The van der Waals surface area contributed by atoms with Crippen molar-refractivity contribution in [3.8, 4) is 0 Å². The number of nitrogens with two attached hydrogens (primary N) is 2. The van der Waals surface area contributed by atoms with Crippen LogP contribution in [0.3, 0.4) is 0 Å². The Kier molecular flexibility index (Phi) is 4.67. The second-order valence-electron chi connectivity index (χ2n) is 3.23. The predicted molar refractivity (Wildman–Crippen MR) is 60.2 cm³/mol. The number of nitrogens with one attached hydrogen (secondary N) is 1. The quantitative estimate of drug-likeness (QED) is 0.387. The van der Waals surface area contributed by atoms with Crippen LogP contribution in [0, 0.1) is 0 Å². The molecule has 0 saturated carbocycles. The van der Waals surface area contributed by atoms with E-state index in [9.17, 15) is 4.79 Å². The van der Waals surface area contributed by atoms with Crippen molar-refractivity contribution in [1.29, 1.82) is 0 Å². The fourth-order valence-corrected chi connectivity index (χ4v) is 1.84. The molecule has 84 valence electrons. The molecule has 0 aliphatic heterocycles. The van der Waals surface area contributed by atoms with Crippen molar-refractivity contribution < 1.29 is 9.21 Å². The van der Waals surface area contributed by atoms with Crippen molar-refractivity contribution in [1.82, 2.24) is 5.43 Å². The van der Waals surface area contributed by atoms with Crippen LogP contribution in [0.5, 0.6) is 0 Å². The Hall–Kier alpha value is -0.980. The third kappa shape index (κ3) is 3.94. The number of rotatable bonds is 5. The van der Waals surface area contributed by atoms with Gasteiger partial charge < -0.3 is 10.2 Å². The van der Waals surface area contributed by atoms with Gasteiger partial charge in [0.25, 0.3) is 0 Å². The topological polar surface area (TPSA) is 94.3 Å². The molecule has 15 heavy (non-hydrogen) atoms. The number of hydrogen-bond acceptors (Lipinski definition) is 5. The predicted octanol–water partition coefficient (Wildman–Crippen LogP) is 0.464. The van der Waals surface area contributed by atoms with Crippen LogP contribution < -0.4 is 17.0 Å². The maximum atomic E-state index is 11.1. The average molecular weight is 229 g/mol. The maximum absolute atomic E-state index is 11.1. The number of thioether (sulfide) groups is 1. The molecule has 0 bridgehead atoms. The van der Waals surface area contributed by atoms with E-state index in [1.165, 1.54) is 0 Å². The average Bonchev–Trinajstić information content (AvgIpc) is 2.65. The van der Waals surface area contributed by atoms with Gasteiger partial charge in [-0.15, -0.1) is 0 Å². The summed E-state index contributed by atoms with van der Waals surface area (Å²) < 4.78 is 5.26. The lowest BCUT2D eigenvalue weighted by molar-refractivity contribution is 0.0924. The van der Waals surface area contributed by atoms with Gasteiger partial charge >= 0.3 is 5.91 Å². The first-order valence-corrected chi connectivity index (χ1v) is 5.72. The van der Waals surface area contributed by atoms with Gasteiger partial charge in [-0.1, -0.05) is 0 Å². The highest BCUT2D eigenvalue weighted by atomic mass is 32.2. The molecule has 1 aromatic heterocycles. The van der Waals surface area contributed by atoms with Gasteiger partial charge in [0.2, 0.25) is 0 Å². The molecule has 0 fully saturated rings. The van der Waals surface area contributed by atoms with Crippen LogP contribution in [0.25, 0.3) is 0 Å². The molecule has 1 atom stereocenters. The third-order valence-corrected chi connectivity index (χ3v) is 2.89. The van der Waals surface area contributed by atoms with Crippen LogP contribution in [-0.2, 0) is 5.75 Å². The molecular formula is C9H15N3O2S. The monoisotopic (exact) mass is 229 g/mol. The molecule has 0 saturated heterocycles. The molecule has 0 aromatic carbocycles. The fraction of sp³-hybridized carbons (Fsp3) is 0.444. The van der Waals surface area contributed by atoms with Crippen LogP contribution in [0.2, 0.25) is 0 Å². The first-order valence-electron chi connectivity index (χ1n) is 4.56. The molecule has 1 heterocycles. The summed E-state index contributed by atoms with van der Waals surface area (Å²) in [6, 6.07) is 3.53. The highest BCUT2D eigenvalue weighted by Gasteiger charge is 2.09. The Bertz CT molecular complexity index is 325. The lowest BCUT2D eigenvalue weighted by atomic mass is 10.4. The maximum Gasteiger partial charge on any atom is 0.300 e. The Labute approximate surface area is 92.5 Å². The van der Waals surface area contributed by atoms with E-state index in [0.29, 0.717) is 5.75 Å². The summed E-state index contributed by atoms with van der Waals surface area (Å²) in [6.07, 6.45) is 0. The molecule has 0 aliphatic rings. The van der Waals surface area contributed by atoms with E-state index in [-0.39, 0.29) is 11.8 Å². The standard InChI is InChI=1S/C9H15N3O2S/c1-6(10)4-15-5-7-2-3-8(14-7)9(13)12-11/h2-3,6H,4-5,10-11H2,1H3,(H,12,13). The third-order valence-electron chi connectivity index (χ3n) is 1.64. The van der Waals surface area contributed by atoms with Crippen LogP contribution in [-0.4, -0.2) is 17.7 Å². The summed E-state index contributed by atoms with van der Waals surface area (Å²) in [6.45, 7) is 1.95. The zero-order valence-electron chi connectivity index (χ0n) is 8.53. The van der Waals surface area contributed by atoms with Crippen molar-refractivity contribution in [3.05, 3.63) is 23.7 Å². The SMILES string of the molecule is CC(N)CSCc1ccc(C(=O)NN)o1. The molecule has 0 spiro atoms. The zero-order valence-corrected chi connectivity index (χ0v) is 9.34. The molecule has 0 aliphatic carbocycles. The number of hydrogen-bond donors (Lipinski definition) is 3. The largest absolute Gasteiger partial charge is 0.455 e. The summed E-state index contributed by atoms with van der Waals surface area (Å²) in [7, 11) is 0. The Morgan fingerprint density at radius 1 is 1.67 bits per heavy atom. The van der Waals surface area contributed by atoms with Crippen LogP contribution in [0.4, 0.5) is 0 Å². The van der Waals surface area contributed by atoms with Crippen molar-refractivity contribution in [2.45, 2.75) is 18.7 Å². The molecule has 5 nitrogen and oxygen atoms in total. The second kappa shape index (κ2) is 5.79. The Morgan fingerprint density at radius 2 is 2.40 bits per heavy atom. The van der Waals surface area contributed by atoms with Crippen molar-refractivity contribution in [2.24, 2.45) is 11.6 Å². The molecule has 0 radical (unpaired) electrons. The minimum Gasteiger partial charge on any atom is -0.455 e. The Balaban J connectivity index is 2.43. The number of carbonyl (C=O) groups excluding carboxylic acids is 1. The highest BCUT2D eigenvalue weighted by Crippen LogP contribution is 2.15. The number of amides is 1. The van der Waals surface area contributed by atoms with Gasteiger partial charge in [-0.3, -0.25) is 10.2 Å². The van der Waals surface area contributed by atoms with Crippen molar-refractivity contribution in [3.63, 3.8) is 0 Å². The van der Waals surface area contributed by atoms with Gasteiger partial charge in [-0.25, -0.2) is 5.84 Å². The summed E-state index contributed by atoms with van der Waals surface area (Å²) in [4.78, 5) is 11.1. The van der Waals surface area contributed by atoms with E-state index >= 15 is 0 Å². The molecule has 1 amide bonds. The first kappa shape index (κ1) is 12.1. The van der Waals surface area contributed by atoms with E-state index < -0.39 is 5.91 Å². The van der Waals surface area contributed by atoms with E-state index in [1.54, 1.807) is 23.9 Å². The minimum atomic E-state index is -0.418. The minimum absolute atomic E-state index is 0.164. The van der Waals surface area contributed by atoms with Crippen molar-refractivity contribution >= 4 is 17.7 Å². The van der Waals surface area contributed by atoms with Crippen molar-refractivity contribution in [2.75, 3.05) is 5.75 Å². The van der Waals surface area contributed by atoms with Gasteiger partial charge in [-0.05, 0) is 19.1 Å². The molecule has 1 aromatic rings. The second-order valence-corrected chi connectivity index (χ2v) is 4.26. The number of furan rings is 1. The molecule has 1 rings (SSSR count). The number of hydrazine groups is 1. The number of nitrogen functional groups attached to an aromatic ring is 1. The van der Waals surface area contributed by atoms with E-state index in [1.807, 2.05) is 12.3 Å². The van der Waals surface area contributed by atoms with E-state index in [4.69, 9.17) is 16.0 Å². The summed E-state index contributed by atoms with van der Waals surface area (Å²) in [5.41, 5.74) is 7.61. The first-order chi connectivity index (χ1) is 7.13. The smallest absolute Gasteiger partial charge is 0.300 e. The van der Waals surface area contributed by atoms with Gasteiger partial charge in [0, 0.05) is 11.8 Å². The highest BCUT2D eigenvalue weighted by molar-refractivity contribution is 7.98. The van der Waals surface area contributed by atoms with Gasteiger partial charge in [0.15, 0.2) is 5.76 Å². The molecule has 5 N–H and O–H groups in total. The zero-order chi connectivity index (χ0) is 11.3. The van der Waals surface area contributed by atoms with E-state index in [0.717, 1.165) is 11.5 Å². The van der Waals surface area contributed by atoms with Crippen LogP contribution >= 0.6 is 11.8 Å². The van der Waals surface area contributed by atoms with E-state index in [2.05, 4.69) is 0 Å². The van der Waals surface area contributed by atoms with Crippen LogP contribution in [0.15, 0.2) is 16.5 Å².